The van der Waals surface area contributed by atoms with Crippen LogP contribution in [-0.4, -0.2) is 23.0 Å². The molecule has 0 bridgehead atoms. The summed E-state index contributed by atoms with van der Waals surface area (Å²) in [7, 11) is 0. The summed E-state index contributed by atoms with van der Waals surface area (Å²) in [6, 6.07) is 0. The van der Waals surface area contributed by atoms with E-state index in [4.69, 9.17) is 0 Å². The predicted molar refractivity (Wildman–Crippen MR) is 95.0 cm³/mol. The summed E-state index contributed by atoms with van der Waals surface area (Å²) in [4.78, 5) is 1.60. The van der Waals surface area contributed by atoms with Gasteiger partial charge in [0.2, 0.25) is 0 Å². The van der Waals surface area contributed by atoms with Crippen molar-refractivity contribution >= 4 is 35.3 Å². The Balaban J connectivity index is 3.82. The van der Waals surface area contributed by atoms with E-state index in [0.29, 0.717) is 0 Å². The van der Waals surface area contributed by atoms with Crippen LogP contribution < -0.4 is 0 Å². The minimum absolute atomic E-state index is 1.23. The molecule has 0 aliphatic rings. The average Bonchev–Trinajstić information content (AvgIpc) is 2.39. The minimum atomic E-state index is 1.23. The van der Waals surface area contributed by atoms with Gasteiger partial charge in [-0.05, 0) is 41.9 Å². The van der Waals surface area contributed by atoms with Crippen molar-refractivity contribution in [1.82, 2.24) is 0 Å². The van der Waals surface area contributed by atoms with E-state index >= 15 is 0 Å². The molecule has 0 atom stereocenters. The lowest BCUT2D eigenvalue weighted by Crippen LogP contribution is -1.88. The maximum atomic E-state index is 2.43. The van der Waals surface area contributed by atoms with Gasteiger partial charge in [0.25, 0.3) is 0 Å². The van der Waals surface area contributed by atoms with E-state index in [9.17, 15) is 0 Å². The van der Waals surface area contributed by atoms with Crippen LogP contribution in [0.1, 0.15) is 59.3 Å². The molecule has 18 heavy (non-hydrogen) atoms. The fraction of sp³-hybridized carbons (Fsp3) is 0.867. The molecule has 0 N–H and O–H groups in total. The van der Waals surface area contributed by atoms with Gasteiger partial charge < -0.3 is 0 Å². The SMILES string of the molecule is CCCCS/C=C(/CSCCCC)SCCCC. The van der Waals surface area contributed by atoms with Gasteiger partial charge in [0.05, 0.1) is 0 Å². The first-order chi connectivity index (χ1) is 8.85. The van der Waals surface area contributed by atoms with Gasteiger partial charge in [0.1, 0.15) is 0 Å². The zero-order chi connectivity index (χ0) is 13.5. The number of thioether (sulfide) groups is 3. The van der Waals surface area contributed by atoms with Crippen molar-refractivity contribution in [2.24, 2.45) is 0 Å². The Morgan fingerprint density at radius 1 is 0.833 bits per heavy atom. The molecule has 0 aromatic carbocycles. The lowest BCUT2D eigenvalue weighted by Gasteiger charge is -2.07. The number of hydrogen-bond acceptors (Lipinski definition) is 3. The third-order valence-corrected chi connectivity index (χ3v) is 6.03. The van der Waals surface area contributed by atoms with Crippen LogP contribution in [-0.2, 0) is 0 Å². The molecule has 0 radical (unpaired) electrons. The van der Waals surface area contributed by atoms with Crippen LogP contribution in [0, 0.1) is 0 Å². The molecule has 0 fully saturated rings. The van der Waals surface area contributed by atoms with Crippen molar-refractivity contribution in [2.75, 3.05) is 23.0 Å². The van der Waals surface area contributed by atoms with Gasteiger partial charge in [0, 0.05) is 10.7 Å². The molecule has 0 spiro atoms. The summed E-state index contributed by atoms with van der Waals surface area (Å²) in [5.74, 6) is 5.13. The third-order valence-electron chi connectivity index (χ3n) is 2.50. The summed E-state index contributed by atoms with van der Waals surface area (Å²) in [6.45, 7) is 6.81. The van der Waals surface area contributed by atoms with Crippen LogP contribution in [0.15, 0.2) is 10.3 Å². The van der Waals surface area contributed by atoms with Gasteiger partial charge in [0.15, 0.2) is 0 Å². The Morgan fingerprint density at radius 3 is 2.11 bits per heavy atom. The highest BCUT2D eigenvalue weighted by atomic mass is 32.2. The molecule has 0 aromatic rings. The highest BCUT2D eigenvalue weighted by Gasteiger charge is 1.99. The van der Waals surface area contributed by atoms with E-state index in [1.807, 2.05) is 11.8 Å². The number of rotatable bonds is 13. The molecule has 0 saturated heterocycles. The second kappa shape index (κ2) is 15.8. The van der Waals surface area contributed by atoms with E-state index in [-0.39, 0.29) is 0 Å². The molecule has 0 aliphatic heterocycles. The molecule has 0 saturated carbocycles. The van der Waals surface area contributed by atoms with Gasteiger partial charge in [-0.3, -0.25) is 0 Å². The lowest BCUT2D eigenvalue weighted by molar-refractivity contribution is 0.896. The maximum absolute atomic E-state index is 2.43. The molecule has 3 heteroatoms. The first kappa shape index (κ1) is 18.8. The number of hydrogen-bond donors (Lipinski definition) is 0. The van der Waals surface area contributed by atoms with Gasteiger partial charge >= 0.3 is 0 Å². The monoisotopic (exact) mass is 306 g/mol. The lowest BCUT2D eigenvalue weighted by atomic mass is 10.4. The quantitative estimate of drug-likeness (QED) is 0.360. The van der Waals surface area contributed by atoms with Crippen molar-refractivity contribution < 1.29 is 0 Å². The topological polar surface area (TPSA) is 0 Å². The standard InChI is InChI=1S/C15H30S3/c1-4-7-10-16-13-15(18-12-9-6-3)14-17-11-8-5-2/h13H,4-12,14H2,1-3H3/b15-13-. The summed E-state index contributed by atoms with van der Waals surface area (Å²) >= 11 is 6.20. The zero-order valence-electron chi connectivity index (χ0n) is 12.4. The third kappa shape index (κ3) is 13.2. The highest BCUT2D eigenvalue weighted by molar-refractivity contribution is 8.07. The molecule has 0 nitrogen and oxygen atoms in total. The molecular weight excluding hydrogens is 276 g/mol. The smallest absolute Gasteiger partial charge is 0.0249 e. The summed E-state index contributed by atoms with van der Waals surface area (Å²) in [5, 5.41) is 2.43. The van der Waals surface area contributed by atoms with Crippen molar-refractivity contribution in [3.63, 3.8) is 0 Å². The van der Waals surface area contributed by atoms with Crippen molar-refractivity contribution in [3.05, 3.63) is 10.3 Å². The number of unbranched alkanes of at least 4 members (excludes halogenated alkanes) is 3. The average molecular weight is 307 g/mol. The van der Waals surface area contributed by atoms with Gasteiger partial charge in [-0.2, -0.15) is 11.8 Å². The van der Waals surface area contributed by atoms with Crippen LogP contribution >= 0.6 is 35.3 Å². The molecule has 0 rings (SSSR count). The Morgan fingerprint density at radius 2 is 1.44 bits per heavy atom. The Hall–Kier alpha value is 0.790. The van der Waals surface area contributed by atoms with Crippen molar-refractivity contribution in [1.29, 1.82) is 0 Å². The van der Waals surface area contributed by atoms with Crippen LogP contribution in [0.2, 0.25) is 0 Å². The zero-order valence-corrected chi connectivity index (χ0v) is 14.8. The van der Waals surface area contributed by atoms with Crippen LogP contribution in [0.25, 0.3) is 0 Å². The van der Waals surface area contributed by atoms with E-state index in [0.717, 1.165) is 0 Å². The van der Waals surface area contributed by atoms with E-state index < -0.39 is 0 Å². The Bertz CT molecular complexity index is 190. The minimum Gasteiger partial charge on any atom is -0.157 e. The summed E-state index contributed by atoms with van der Waals surface area (Å²) in [5.41, 5.74) is 0. The fourth-order valence-corrected chi connectivity index (χ4v) is 4.88. The normalized spacial score (nSPS) is 12.1. The molecule has 0 aromatic heterocycles. The Kier molecular flexibility index (Phi) is 16.5. The maximum Gasteiger partial charge on any atom is 0.0249 e. The van der Waals surface area contributed by atoms with Gasteiger partial charge in [-0.25, -0.2) is 0 Å². The van der Waals surface area contributed by atoms with Crippen LogP contribution in [0.4, 0.5) is 0 Å². The van der Waals surface area contributed by atoms with E-state index in [1.54, 1.807) is 4.91 Å². The van der Waals surface area contributed by atoms with Crippen LogP contribution in [0.3, 0.4) is 0 Å². The van der Waals surface area contributed by atoms with E-state index in [2.05, 4.69) is 49.7 Å². The van der Waals surface area contributed by atoms with E-state index in [1.165, 1.54) is 61.5 Å². The molecule has 0 unspecified atom stereocenters. The van der Waals surface area contributed by atoms with Gasteiger partial charge in [-0.1, -0.05) is 40.0 Å². The summed E-state index contributed by atoms with van der Waals surface area (Å²) < 4.78 is 0. The Labute approximate surface area is 128 Å². The highest BCUT2D eigenvalue weighted by Crippen LogP contribution is 2.25. The predicted octanol–water partition coefficient (Wildman–Crippen LogP) is 6.43. The first-order valence-electron chi connectivity index (χ1n) is 7.36. The molecule has 0 heterocycles. The second-order valence-electron chi connectivity index (χ2n) is 4.42. The van der Waals surface area contributed by atoms with Gasteiger partial charge in [-0.15, -0.1) is 23.5 Å². The molecule has 0 aliphatic carbocycles. The molecule has 108 valence electrons. The van der Waals surface area contributed by atoms with Crippen molar-refractivity contribution in [3.8, 4) is 0 Å². The summed E-state index contributed by atoms with van der Waals surface area (Å²) in [6.07, 6.45) is 8.00. The van der Waals surface area contributed by atoms with Crippen molar-refractivity contribution in [2.45, 2.75) is 59.3 Å². The largest absolute Gasteiger partial charge is 0.157 e. The fourth-order valence-electron chi connectivity index (χ4n) is 1.26. The molecular formula is C15H30S3. The molecule has 0 amide bonds. The van der Waals surface area contributed by atoms with Crippen LogP contribution in [0.5, 0.6) is 0 Å². The first-order valence-corrected chi connectivity index (χ1v) is 10.5. The second-order valence-corrected chi connectivity index (χ2v) is 7.72.